The van der Waals surface area contributed by atoms with Crippen molar-refractivity contribution in [3.8, 4) is 6.07 Å². The number of nitrogens with zero attached hydrogens (tertiary/aromatic N) is 2. The van der Waals surface area contributed by atoms with Crippen molar-refractivity contribution >= 4 is 23.2 Å². The Morgan fingerprint density at radius 2 is 1.60 bits per heavy atom. The second-order valence-electron chi connectivity index (χ2n) is 5.79. The number of para-hydroxylation sites is 1. The summed E-state index contributed by atoms with van der Waals surface area (Å²) in [6, 6.07) is 16.3. The van der Waals surface area contributed by atoms with Gasteiger partial charge in [0.05, 0.1) is 24.3 Å². The zero-order chi connectivity index (χ0) is 18.2. The maximum Gasteiger partial charge on any atom is 0.238 e. The number of anilines is 2. The van der Waals surface area contributed by atoms with Crippen molar-refractivity contribution in [2.24, 2.45) is 0 Å². The first-order valence-electron chi connectivity index (χ1n) is 7.82. The molecule has 0 fully saturated rings. The van der Waals surface area contributed by atoms with E-state index >= 15 is 0 Å². The topological polar surface area (TPSA) is 85.2 Å². The second kappa shape index (κ2) is 8.62. The van der Waals surface area contributed by atoms with Crippen LogP contribution < -0.4 is 10.6 Å². The van der Waals surface area contributed by atoms with Crippen molar-refractivity contribution in [2.75, 3.05) is 30.8 Å². The Bertz CT molecular complexity index is 794. The zero-order valence-corrected chi connectivity index (χ0v) is 14.2. The molecule has 0 aliphatic rings. The van der Waals surface area contributed by atoms with Gasteiger partial charge >= 0.3 is 0 Å². The van der Waals surface area contributed by atoms with E-state index in [1.165, 1.54) is 0 Å². The van der Waals surface area contributed by atoms with E-state index in [9.17, 15) is 9.59 Å². The molecule has 0 saturated carbocycles. The van der Waals surface area contributed by atoms with Crippen molar-refractivity contribution in [2.45, 2.75) is 6.92 Å². The molecular weight excluding hydrogens is 316 g/mol. The van der Waals surface area contributed by atoms with Crippen LogP contribution in [0.3, 0.4) is 0 Å². The van der Waals surface area contributed by atoms with Gasteiger partial charge < -0.3 is 10.6 Å². The maximum absolute atomic E-state index is 12.1. The molecule has 2 N–H and O–H groups in total. The van der Waals surface area contributed by atoms with E-state index in [1.807, 2.05) is 37.3 Å². The van der Waals surface area contributed by atoms with Crippen LogP contribution in [0.5, 0.6) is 0 Å². The lowest BCUT2D eigenvalue weighted by molar-refractivity contribution is -0.119. The summed E-state index contributed by atoms with van der Waals surface area (Å²) < 4.78 is 0. The molecule has 0 saturated heterocycles. The largest absolute Gasteiger partial charge is 0.325 e. The molecule has 0 heterocycles. The van der Waals surface area contributed by atoms with E-state index in [4.69, 9.17) is 5.26 Å². The minimum absolute atomic E-state index is 0.0427. The van der Waals surface area contributed by atoms with Crippen molar-refractivity contribution in [3.63, 3.8) is 0 Å². The molecule has 2 aromatic rings. The average molecular weight is 336 g/mol. The number of nitrogens with one attached hydrogen (secondary N) is 2. The summed E-state index contributed by atoms with van der Waals surface area (Å²) in [6.45, 7) is 2.10. The highest BCUT2D eigenvalue weighted by Gasteiger charge is 2.12. The molecule has 0 bridgehead atoms. The van der Waals surface area contributed by atoms with E-state index in [0.717, 1.165) is 11.3 Å². The second-order valence-corrected chi connectivity index (χ2v) is 5.79. The summed E-state index contributed by atoms with van der Waals surface area (Å²) in [5.74, 6) is -0.482. The van der Waals surface area contributed by atoms with E-state index < -0.39 is 0 Å². The Balaban J connectivity index is 1.83. The minimum atomic E-state index is -0.284. The highest BCUT2D eigenvalue weighted by molar-refractivity contribution is 5.95. The van der Waals surface area contributed by atoms with Crippen molar-refractivity contribution < 1.29 is 9.59 Å². The van der Waals surface area contributed by atoms with Gasteiger partial charge in [-0.25, -0.2) is 0 Å². The van der Waals surface area contributed by atoms with Gasteiger partial charge in [0.2, 0.25) is 11.8 Å². The first-order valence-corrected chi connectivity index (χ1v) is 7.82. The summed E-state index contributed by atoms with van der Waals surface area (Å²) in [5.41, 5.74) is 2.70. The number of carbonyl (C=O) groups excluding carboxylic acids is 2. The number of rotatable bonds is 6. The Morgan fingerprint density at radius 3 is 2.24 bits per heavy atom. The molecule has 2 amide bonds. The molecule has 128 valence electrons. The fourth-order valence-electron chi connectivity index (χ4n) is 2.26. The Hall–Kier alpha value is -3.17. The number of benzene rings is 2. The van der Waals surface area contributed by atoms with Crippen LogP contribution in [0, 0.1) is 18.3 Å². The van der Waals surface area contributed by atoms with Gasteiger partial charge in [-0.15, -0.1) is 0 Å². The molecule has 0 aromatic heterocycles. The quantitative estimate of drug-likeness (QED) is 0.848. The number of amides is 2. The van der Waals surface area contributed by atoms with Gasteiger partial charge in [-0.1, -0.05) is 29.8 Å². The lowest BCUT2D eigenvalue weighted by Gasteiger charge is -2.16. The van der Waals surface area contributed by atoms with Gasteiger partial charge in [-0.2, -0.15) is 5.26 Å². The molecule has 0 unspecified atom stereocenters. The first kappa shape index (κ1) is 18.2. The van der Waals surface area contributed by atoms with Gasteiger partial charge in [0.1, 0.15) is 6.07 Å². The number of nitriles is 1. The number of carbonyl (C=O) groups is 2. The fourth-order valence-corrected chi connectivity index (χ4v) is 2.26. The summed E-state index contributed by atoms with van der Waals surface area (Å²) in [7, 11) is 1.69. The summed E-state index contributed by atoms with van der Waals surface area (Å²) in [5, 5.41) is 14.5. The average Bonchev–Trinajstić information content (AvgIpc) is 2.57. The molecule has 0 spiro atoms. The minimum Gasteiger partial charge on any atom is -0.325 e. The van der Waals surface area contributed by atoms with Crippen LogP contribution in [0.1, 0.15) is 11.1 Å². The van der Waals surface area contributed by atoms with Crippen LogP contribution in [0.4, 0.5) is 11.4 Å². The van der Waals surface area contributed by atoms with Crippen LogP contribution in [0.2, 0.25) is 0 Å². The summed E-state index contributed by atoms with van der Waals surface area (Å²) in [6.07, 6.45) is 0. The van der Waals surface area contributed by atoms with E-state index in [1.54, 1.807) is 36.2 Å². The van der Waals surface area contributed by atoms with Crippen LogP contribution in [-0.4, -0.2) is 36.9 Å². The predicted molar refractivity (Wildman–Crippen MR) is 97.1 cm³/mol. The third-order valence-electron chi connectivity index (χ3n) is 3.48. The third kappa shape index (κ3) is 5.75. The van der Waals surface area contributed by atoms with Crippen molar-refractivity contribution in [1.29, 1.82) is 5.26 Å². The predicted octanol–water partition coefficient (Wildman–Crippen LogP) is 2.38. The Kier molecular flexibility index (Phi) is 6.26. The van der Waals surface area contributed by atoms with Crippen LogP contribution in [0.15, 0.2) is 48.5 Å². The monoisotopic (exact) mass is 336 g/mol. The van der Waals surface area contributed by atoms with Gasteiger partial charge in [0.15, 0.2) is 0 Å². The smallest absolute Gasteiger partial charge is 0.238 e. The molecule has 0 radical (unpaired) electrons. The lowest BCUT2D eigenvalue weighted by atomic mass is 10.2. The van der Waals surface area contributed by atoms with E-state index in [0.29, 0.717) is 11.3 Å². The van der Waals surface area contributed by atoms with Gasteiger partial charge in [-0.05, 0) is 38.2 Å². The van der Waals surface area contributed by atoms with Crippen molar-refractivity contribution in [1.82, 2.24) is 4.90 Å². The van der Waals surface area contributed by atoms with Gasteiger partial charge in [0, 0.05) is 5.69 Å². The van der Waals surface area contributed by atoms with Gasteiger partial charge in [-0.3, -0.25) is 14.5 Å². The normalized spacial score (nSPS) is 10.2. The maximum atomic E-state index is 12.1. The molecule has 2 rings (SSSR count). The molecular formula is C19H20N4O2. The standard InChI is InChI=1S/C19H20N4O2/c1-14-7-9-16(10-8-14)21-18(24)12-23(2)13-19(25)22-17-6-4-3-5-15(17)11-20/h3-10H,12-13H2,1-2H3,(H,21,24)(H,22,25). The van der Waals surface area contributed by atoms with Gasteiger partial charge in [0.25, 0.3) is 0 Å². The van der Waals surface area contributed by atoms with Crippen molar-refractivity contribution in [3.05, 3.63) is 59.7 Å². The molecule has 6 heteroatoms. The third-order valence-corrected chi connectivity index (χ3v) is 3.48. The van der Waals surface area contributed by atoms with E-state index in [-0.39, 0.29) is 24.9 Å². The van der Waals surface area contributed by atoms with E-state index in [2.05, 4.69) is 10.6 Å². The molecule has 2 aromatic carbocycles. The number of likely N-dealkylation sites (N-methyl/N-ethyl adjacent to an activating group) is 1. The first-order chi connectivity index (χ1) is 12.0. The number of aryl methyl sites for hydroxylation is 1. The molecule has 0 atom stereocenters. The lowest BCUT2D eigenvalue weighted by Crippen LogP contribution is -2.36. The molecule has 0 aliphatic heterocycles. The van der Waals surface area contributed by atoms with Crippen LogP contribution >= 0.6 is 0 Å². The number of hydrogen-bond acceptors (Lipinski definition) is 4. The SMILES string of the molecule is Cc1ccc(NC(=O)CN(C)CC(=O)Nc2ccccc2C#N)cc1. The highest BCUT2D eigenvalue weighted by Crippen LogP contribution is 2.13. The summed E-state index contributed by atoms with van der Waals surface area (Å²) in [4.78, 5) is 25.7. The van der Waals surface area contributed by atoms with Crippen LogP contribution in [-0.2, 0) is 9.59 Å². The number of hydrogen-bond donors (Lipinski definition) is 2. The summed E-state index contributed by atoms with van der Waals surface area (Å²) >= 11 is 0. The Morgan fingerprint density at radius 1 is 1.00 bits per heavy atom. The molecule has 6 nitrogen and oxygen atoms in total. The zero-order valence-electron chi connectivity index (χ0n) is 14.2. The fraction of sp³-hybridized carbons (Fsp3) is 0.211. The highest BCUT2D eigenvalue weighted by atomic mass is 16.2. The Labute approximate surface area is 147 Å². The van der Waals surface area contributed by atoms with Crippen LogP contribution in [0.25, 0.3) is 0 Å². The molecule has 0 aliphatic carbocycles. The molecule has 25 heavy (non-hydrogen) atoms.